The summed E-state index contributed by atoms with van der Waals surface area (Å²) >= 11 is 2.42. The van der Waals surface area contributed by atoms with Crippen molar-refractivity contribution in [2.24, 2.45) is 0 Å². The van der Waals surface area contributed by atoms with Gasteiger partial charge in [-0.2, -0.15) is 0 Å². The molecule has 0 unspecified atom stereocenters. The molecule has 0 saturated carbocycles. The maximum absolute atomic E-state index is 2.42. The van der Waals surface area contributed by atoms with Crippen molar-refractivity contribution >= 4 is 44.4 Å². The molecule has 0 amide bonds. The van der Waals surface area contributed by atoms with Crippen LogP contribution in [0, 0.1) is 10.5 Å². The van der Waals surface area contributed by atoms with Crippen LogP contribution < -0.4 is 0 Å². The summed E-state index contributed by atoms with van der Waals surface area (Å²) in [5.74, 6) is 0. The standard InChI is InChI=1S/C19H14IN/c1-13-10-11-16(20)19(12-13)21-17-8-4-2-6-14(17)15-7-3-5-9-18(15)21/h2-12H,1H3. The number of para-hydroxylation sites is 2. The van der Waals surface area contributed by atoms with Gasteiger partial charge >= 0.3 is 0 Å². The number of benzene rings is 3. The summed E-state index contributed by atoms with van der Waals surface area (Å²) in [7, 11) is 0. The lowest BCUT2D eigenvalue weighted by molar-refractivity contribution is 1.16. The Morgan fingerprint density at radius 1 is 0.762 bits per heavy atom. The fraction of sp³-hybridized carbons (Fsp3) is 0.0526. The summed E-state index contributed by atoms with van der Waals surface area (Å²) < 4.78 is 3.64. The number of nitrogens with zero attached hydrogens (tertiary/aromatic N) is 1. The third-order valence-corrected chi connectivity index (χ3v) is 4.83. The van der Waals surface area contributed by atoms with Gasteiger partial charge in [-0.1, -0.05) is 42.5 Å². The minimum absolute atomic E-state index is 1.26. The van der Waals surface area contributed by atoms with Crippen LogP contribution in [0.2, 0.25) is 0 Å². The van der Waals surface area contributed by atoms with Crippen molar-refractivity contribution in [1.29, 1.82) is 0 Å². The van der Waals surface area contributed by atoms with Gasteiger partial charge in [-0.15, -0.1) is 0 Å². The van der Waals surface area contributed by atoms with Gasteiger partial charge in [-0.25, -0.2) is 0 Å². The van der Waals surface area contributed by atoms with Gasteiger partial charge in [0.05, 0.1) is 16.7 Å². The maximum Gasteiger partial charge on any atom is 0.0598 e. The number of hydrogen-bond donors (Lipinski definition) is 0. The van der Waals surface area contributed by atoms with E-state index in [9.17, 15) is 0 Å². The van der Waals surface area contributed by atoms with Gasteiger partial charge in [0.25, 0.3) is 0 Å². The SMILES string of the molecule is Cc1ccc(I)c(-n2c3ccccc3c3ccccc32)c1. The highest BCUT2D eigenvalue weighted by atomic mass is 127. The Morgan fingerprint density at radius 3 is 1.95 bits per heavy atom. The van der Waals surface area contributed by atoms with Gasteiger partial charge in [0, 0.05) is 14.3 Å². The van der Waals surface area contributed by atoms with Crippen LogP contribution in [0.1, 0.15) is 5.56 Å². The molecule has 1 aromatic heterocycles. The molecule has 3 aromatic carbocycles. The highest BCUT2D eigenvalue weighted by Crippen LogP contribution is 2.33. The Labute approximate surface area is 137 Å². The first-order valence-corrected chi connectivity index (χ1v) is 8.08. The van der Waals surface area contributed by atoms with E-state index in [1.807, 2.05) is 0 Å². The number of rotatable bonds is 1. The molecular weight excluding hydrogens is 369 g/mol. The van der Waals surface area contributed by atoms with Crippen molar-refractivity contribution in [1.82, 2.24) is 4.57 Å². The minimum atomic E-state index is 1.26. The van der Waals surface area contributed by atoms with Gasteiger partial charge < -0.3 is 4.57 Å². The first-order valence-electron chi connectivity index (χ1n) is 7.00. The molecule has 102 valence electrons. The third kappa shape index (κ3) is 1.97. The predicted octanol–water partition coefficient (Wildman–Crippen LogP) is 5.70. The average Bonchev–Trinajstić information content (AvgIpc) is 2.84. The summed E-state index contributed by atoms with van der Waals surface area (Å²) in [5.41, 5.74) is 5.07. The summed E-state index contributed by atoms with van der Waals surface area (Å²) in [6.07, 6.45) is 0. The van der Waals surface area contributed by atoms with Crippen molar-refractivity contribution in [2.75, 3.05) is 0 Å². The molecular formula is C19H14IN. The van der Waals surface area contributed by atoms with Gasteiger partial charge in [-0.05, 0) is 59.3 Å². The summed E-state index contributed by atoms with van der Waals surface area (Å²) in [4.78, 5) is 0. The molecule has 0 saturated heterocycles. The molecule has 4 rings (SSSR count). The van der Waals surface area contributed by atoms with Crippen LogP contribution in [-0.2, 0) is 0 Å². The molecule has 0 fully saturated rings. The summed E-state index contributed by atoms with van der Waals surface area (Å²) in [6, 6.07) is 23.9. The number of halogens is 1. The second-order valence-electron chi connectivity index (χ2n) is 5.32. The summed E-state index contributed by atoms with van der Waals surface area (Å²) in [6.45, 7) is 2.15. The van der Waals surface area contributed by atoms with Crippen molar-refractivity contribution < 1.29 is 0 Å². The molecule has 0 aliphatic carbocycles. The quantitative estimate of drug-likeness (QED) is 0.372. The monoisotopic (exact) mass is 383 g/mol. The highest BCUT2D eigenvalue weighted by Gasteiger charge is 2.13. The summed E-state index contributed by atoms with van der Waals surface area (Å²) in [5, 5.41) is 2.62. The number of aromatic nitrogens is 1. The van der Waals surface area contributed by atoms with Crippen molar-refractivity contribution in [3.05, 3.63) is 75.9 Å². The van der Waals surface area contributed by atoms with Crippen LogP contribution in [0.15, 0.2) is 66.7 Å². The average molecular weight is 383 g/mol. The fourth-order valence-corrected chi connectivity index (χ4v) is 3.55. The van der Waals surface area contributed by atoms with E-state index in [0.717, 1.165) is 0 Å². The van der Waals surface area contributed by atoms with Gasteiger partial charge in [0.1, 0.15) is 0 Å². The second-order valence-corrected chi connectivity index (χ2v) is 6.49. The molecule has 0 spiro atoms. The van der Waals surface area contributed by atoms with E-state index in [-0.39, 0.29) is 0 Å². The van der Waals surface area contributed by atoms with Crippen LogP contribution >= 0.6 is 22.6 Å². The van der Waals surface area contributed by atoms with E-state index in [1.54, 1.807) is 0 Å². The van der Waals surface area contributed by atoms with Crippen molar-refractivity contribution in [3.63, 3.8) is 0 Å². The van der Waals surface area contributed by atoms with E-state index < -0.39 is 0 Å². The lowest BCUT2D eigenvalue weighted by Gasteiger charge is -2.11. The smallest absolute Gasteiger partial charge is 0.0598 e. The number of aryl methyl sites for hydroxylation is 1. The van der Waals surface area contributed by atoms with Crippen LogP contribution in [0.5, 0.6) is 0 Å². The molecule has 0 atom stereocenters. The highest BCUT2D eigenvalue weighted by molar-refractivity contribution is 14.1. The molecule has 4 aromatic rings. The lowest BCUT2D eigenvalue weighted by atomic mass is 10.2. The Bertz CT molecular complexity index is 913. The first kappa shape index (κ1) is 12.9. The van der Waals surface area contributed by atoms with Gasteiger partial charge in [0.15, 0.2) is 0 Å². The fourth-order valence-electron chi connectivity index (χ4n) is 2.98. The van der Waals surface area contributed by atoms with Crippen molar-refractivity contribution in [2.45, 2.75) is 6.92 Å². The van der Waals surface area contributed by atoms with E-state index in [1.165, 1.54) is 36.6 Å². The third-order valence-electron chi connectivity index (χ3n) is 3.92. The van der Waals surface area contributed by atoms with E-state index in [4.69, 9.17) is 0 Å². The molecule has 0 bridgehead atoms. The van der Waals surface area contributed by atoms with E-state index in [0.29, 0.717) is 0 Å². The van der Waals surface area contributed by atoms with Crippen LogP contribution in [0.4, 0.5) is 0 Å². The molecule has 0 aliphatic heterocycles. The minimum Gasteiger partial charge on any atom is -0.308 e. The molecule has 0 radical (unpaired) electrons. The zero-order chi connectivity index (χ0) is 14.4. The zero-order valence-corrected chi connectivity index (χ0v) is 13.8. The van der Waals surface area contributed by atoms with Crippen LogP contribution in [0.3, 0.4) is 0 Å². The Balaban J connectivity index is 2.23. The Morgan fingerprint density at radius 2 is 1.33 bits per heavy atom. The molecule has 1 heterocycles. The Hall–Kier alpha value is -1.81. The van der Waals surface area contributed by atoms with Gasteiger partial charge in [0.2, 0.25) is 0 Å². The topological polar surface area (TPSA) is 4.93 Å². The van der Waals surface area contributed by atoms with E-state index in [2.05, 4.69) is 101 Å². The molecule has 21 heavy (non-hydrogen) atoms. The molecule has 2 heteroatoms. The number of fused-ring (bicyclic) bond motifs is 3. The molecule has 0 aliphatic rings. The normalized spacial score (nSPS) is 11.3. The van der Waals surface area contributed by atoms with Crippen molar-refractivity contribution in [3.8, 4) is 5.69 Å². The number of hydrogen-bond acceptors (Lipinski definition) is 0. The molecule has 1 nitrogen and oxygen atoms in total. The Kier molecular flexibility index (Phi) is 3.00. The van der Waals surface area contributed by atoms with E-state index >= 15 is 0 Å². The maximum atomic E-state index is 2.42. The van der Waals surface area contributed by atoms with Gasteiger partial charge in [-0.3, -0.25) is 0 Å². The first-order chi connectivity index (χ1) is 10.3. The molecule has 0 N–H and O–H groups in total. The zero-order valence-electron chi connectivity index (χ0n) is 11.7. The predicted molar refractivity (Wildman–Crippen MR) is 98.2 cm³/mol. The second kappa shape index (κ2) is 4.88. The largest absolute Gasteiger partial charge is 0.308 e. The van der Waals surface area contributed by atoms with Crippen LogP contribution in [0.25, 0.3) is 27.5 Å². The lowest BCUT2D eigenvalue weighted by Crippen LogP contribution is -1.97. The van der Waals surface area contributed by atoms with Crippen LogP contribution in [-0.4, -0.2) is 4.57 Å².